The van der Waals surface area contributed by atoms with Crippen LogP contribution in [0.1, 0.15) is 63.8 Å². The second kappa shape index (κ2) is 15.3. The fraction of sp³-hybridized carbons (Fsp3) is 0.179. The van der Waals surface area contributed by atoms with Crippen molar-refractivity contribution in [2.24, 2.45) is 0 Å². The van der Waals surface area contributed by atoms with Gasteiger partial charge in [0.25, 0.3) is 0 Å². The van der Waals surface area contributed by atoms with Crippen molar-refractivity contribution in [3.05, 3.63) is 186 Å². The van der Waals surface area contributed by atoms with E-state index in [9.17, 15) is 13.2 Å². The molecule has 0 aliphatic heterocycles. The fourth-order valence-corrected chi connectivity index (χ4v) is 8.41. The van der Waals surface area contributed by atoms with Crippen LogP contribution in [0.25, 0.3) is 83.6 Å². The van der Waals surface area contributed by atoms with Gasteiger partial charge in [-0.05, 0) is 94.6 Å². The molecule has 0 aliphatic rings. The lowest BCUT2D eigenvalue weighted by molar-refractivity contribution is -0.137. The fourth-order valence-electron chi connectivity index (χ4n) is 8.41. The summed E-state index contributed by atoms with van der Waals surface area (Å²) in [7, 11) is 0. The van der Waals surface area contributed by atoms with Crippen molar-refractivity contribution in [3.63, 3.8) is 0 Å². The van der Waals surface area contributed by atoms with E-state index in [1.807, 2.05) is 78.9 Å². The number of nitrogens with zero attached hydrogens (tertiary/aromatic N) is 3. The summed E-state index contributed by atoms with van der Waals surface area (Å²) in [5.41, 5.74) is 12.0. The van der Waals surface area contributed by atoms with Crippen molar-refractivity contribution in [2.75, 3.05) is 0 Å². The van der Waals surface area contributed by atoms with Crippen LogP contribution >= 0.6 is 0 Å². The maximum atomic E-state index is 14.7. The lowest BCUT2D eigenvalue weighted by Gasteiger charge is -2.23. The van der Waals surface area contributed by atoms with Gasteiger partial charge in [-0.15, -0.1) is 0 Å². The average molecular weight is 820 g/mol. The Hall–Kier alpha value is -6.79. The highest BCUT2D eigenvalue weighted by atomic mass is 19.4. The zero-order chi connectivity index (χ0) is 43.6. The molecular formula is C56H48F3N3. The lowest BCUT2D eigenvalue weighted by Crippen LogP contribution is -2.10. The summed E-state index contributed by atoms with van der Waals surface area (Å²) in [4.78, 5) is 10.4. The van der Waals surface area contributed by atoms with Crippen molar-refractivity contribution < 1.29 is 13.2 Å². The van der Waals surface area contributed by atoms with Gasteiger partial charge in [-0.2, -0.15) is 13.2 Å². The molecule has 9 aromatic rings. The van der Waals surface area contributed by atoms with Crippen LogP contribution < -0.4 is 0 Å². The topological polar surface area (TPSA) is 30.7 Å². The Balaban J connectivity index is 1.45. The molecule has 0 amide bonds. The van der Waals surface area contributed by atoms with E-state index < -0.39 is 11.7 Å². The molecule has 0 spiro atoms. The van der Waals surface area contributed by atoms with E-state index in [0.717, 1.165) is 72.8 Å². The van der Waals surface area contributed by atoms with E-state index >= 15 is 0 Å². The van der Waals surface area contributed by atoms with Gasteiger partial charge in [-0.25, -0.2) is 9.97 Å². The smallest absolute Gasteiger partial charge is 0.308 e. The molecule has 0 fully saturated rings. The van der Waals surface area contributed by atoms with Gasteiger partial charge < -0.3 is 4.57 Å². The molecule has 62 heavy (non-hydrogen) atoms. The van der Waals surface area contributed by atoms with Crippen molar-refractivity contribution >= 4 is 21.8 Å². The second-order valence-corrected chi connectivity index (χ2v) is 18.4. The van der Waals surface area contributed by atoms with E-state index in [0.29, 0.717) is 22.5 Å². The van der Waals surface area contributed by atoms with E-state index in [1.165, 1.54) is 23.3 Å². The third-order valence-electron chi connectivity index (χ3n) is 11.8. The molecule has 6 heteroatoms. The molecule has 0 saturated carbocycles. The minimum absolute atomic E-state index is 0.116. The number of aromatic nitrogens is 3. The summed E-state index contributed by atoms with van der Waals surface area (Å²) >= 11 is 0. The third-order valence-corrected chi connectivity index (χ3v) is 11.8. The molecule has 0 radical (unpaired) electrons. The van der Waals surface area contributed by atoms with Crippen molar-refractivity contribution in [1.29, 1.82) is 0 Å². The summed E-state index contributed by atoms with van der Waals surface area (Å²) in [6, 6.07) is 53.3. The molecule has 0 atom stereocenters. The average Bonchev–Trinajstić information content (AvgIpc) is 3.58. The van der Waals surface area contributed by atoms with Crippen LogP contribution in [0.3, 0.4) is 0 Å². The largest absolute Gasteiger partial charge is 0.416 e. The molecule has 0 N–H and O–H groups in total. The molecule has 0 saturated heterocycles. The van der Waals surface area contributed by atoms with Crippen molar-refractivity contribution in [2.45, 2.75) is 65.5 Å². The van der Waals surface area contributed by atoms with Crippen LogP contribution in [0.2, 0.25) is 0 Å². The molecule has 2 heterocycles. The Morgan fingerprint density at radius 2 is 0.887 bits per heavy atom. The number of hydrogen-bond donors (Lipinski definition) is 0. The van der Waals surface area contributed by atoms with Crippen molar-refractivity contribution in [3.8, 4) is 61.8 Å². The maximum absolute atomic E-state index is 14.7. The minimum atomic E-state index is -4.55. The number of rotatable bonds is 6. The second-order valence-electron chi connectivity index (χ2n) is 18.4. The molecule has 0 aliphatic carbocycles. The number of hydrogen-bond acceptors (Lipinski definition) is 2. The van der Waals surface area contributed by atoms with Crippen LogP contribution in [0, 0.1) is 6.92 Å². The molecule has 7 aromatic carbocycles. The zero-order valence-corrected chi connectivity index (χ0v) is 36.1. The molecule has 0 unspecified atom stereocenters. The molecule has 9 rings (SSSR count). The first-order valence-corrected chi connectivity index (χ1v) is 21.1. The van der Waals surface area contributed by atoms with Gasteiger partial charge in [-0.3, -0.25) is 0 Å². The summed E-state index contributed by atoms with van der Waals surface area (Å²) < 4.78 is 46.2. The molecular weight excluding hydrogens is 772 g/mol. The number of aryl methyl sites for hydroxylation is 1. The van der Waals surface area contributed by atoms with Gasteiger partial charge in [-0.1, -0.05) is 156 Å². The summed E-state index contributed by atoms with van der Waals surface area (Å²) in [5, 5.41) is 2.17. The highest BCUT2D eigenvalue weighted by molar-refractivity contribution is 6.11. The first kappa shape index (κ1) is 40.6. The molecule has 0 bridgehead atoms. The van der Waals surface area contributed by atoms with Crippen LogP contribution in [-0.4, -0.2) is 14.5 Å². The van der Waals surface area contributed by atoms with E-state index in [2.05, 4.69) is 114 Å². The number of benzene rings is 7. The van der Waals surface area contributed by atoms with E-state index in [4.69, 9.17) is 9.97 Å². The first-order chi connectivity index (χ1) is 29.5. The van der Waals surface area contributed by atoms with Crippen LogP contribution in [0.5, 0.6) is 0 Å². The van der Waals surface area contributed by atoms with Crippen LogP contribution in [0.15, 0.2) is 164 Å². The van der Waals surface area contributed by atoms with Gasteiger partial charge in [0.05, 0.1) is 33.7 Å². The van der Waals surface area contributed by atoms with Crippen molar-refractivity contribution in [1.82, 2.24) is 14.5 Å². The number of fused-ring (bicyclic) bond motifs is 3. The maximum Gasteiger partial charge on any atom is 0.416 e. The SMILES string of the molecule is Cc1cccc(-c2cc(-c3nc(-c4ccccc4)cc(-c4ccccc4)n3)cc(-c3cccc(C(F)(F)F)c3)c2-n2c3ccc(C(C)(C)C)cc3c3cc(C(C)(C)C)ccc32)c1. The van der Waals surface area contributed by atoms with Gasteiger partial charge >= 0.3 is 6.18 Å². The van der Waals surface area contributed by atoms with E-state index in [1.54, 1.807) is 6.07 Å². The quantitative estimate of drug-likeness (QED) is 0.167. The lowest BCUT2D eigenvalue weighted by atomic mass is 9.85. The Morgan fingerprint density at radius 1 is 0.419 bits per heavy atom. The van der Waals surface area contributed by atoms with Crippen LogP contribution in [-0.2, 0) is 17.0 Å². The number of halogens is 3. The zero-order valence-electron chi connectivity index (χ0n) is 36.1. The van der Waals surface area contributed by atoms with E-state index in [-0.39, 0.29) is 10.8 Å². The normalized spacial score (nSPS) is 12.4. The molecule has 3 nitrogen and oxygen atoms in total. The number of alkyl halides is 3. The Morgan fingerprint density at radius 3 is 1.35 bits per heavy atom. The first-order valence-electron chi connectivity index (χ1n) is 21.1. The summed E-state index contributed by atoms with van der Waals surface area (Å²) in [6.45, 7) is 15.3. The Bertz CT molecular complexity index is 3000. The minimum Gasteiger partial charge on any atom is -0.308 e. The monoisotopic (exact) mass is 819 g/mol. The highest BCUT2D eigenvalue weighted by Gasteiger charge is 2.32. The standard InChI is InChI=1S/C56H48F3N3/c1-35-16-14-21-38(28-35)44-30-40(53-60-48(36-17-10-8-11-18-36)34-49(61-53)37-19-12-9-13-20-37)31-45(39-22-15-23-43(29-39)56(57,58)59)52(44)62-50-26-24-41(54(2,3)4)32-46(50)47-33-42(55(5,6)7)25-27-51(47)62/h8-34H,1-7H3. The molecule has 308 valence electrons. The van der Waals surface area contributed by atoms with Crippen LogP contribution in [0.4, 0.5) is 13.2 Å². The van der Waals surface area contributed by atoms with Gasteiger partial charge in [0.2, 0.25) is 0 Å². The Labute approximate surface area is 361 Å². The predicted molar refractivity (Wildman–Crippen MR) is 251 cm³/mol. The Kier molecular flexibility index (Phi) is 10.0. The summed E-state index contributed by atoms with van der Waals surface area (Å²) in [5.74, 6) is 0.464. The van der Waals surface area contributed by atoms with Gasteiger partial charge in [0.1, 0.15) is 0 Å². The summed E-state index contributed by atoms with van der Waals surface area (Å²) in [6.07, 6.45) is -4.55. The highest BCUT2D eigenvalue weighted by Crippen LogP contribution is 2.46. The van der Waals surface area contributed by atoms with Gasteiger partial charge in [0, 0.05) is 38.6 Å². The molecule has 2 aromatic heterocycles. The third kappa shape index (κ3) is 7.70. The van der Waals surface area contributed by atoms with Gasteiger partial charge in [0.15, 0.2) is 5.82 Å². The predicted octanol–water partition coefficient (Wildman–Crippen LogP) is 15.8.